The Morgan fingerprint density at radius 3 is 2.65 bits per heavy atom. The molecule has 5 nitrogen and oxygen atoms in total. The van der Waals surface area contributed by atoms with Crippen LogP contribution < -0.4 is 15.0 Å². The van der Waals surface area contributed by atoms with Gasteiger partial charge in [0.15, 0.2) is 0 Å². The summed E-state index contributed by atoms with van der Waals surface area (Å²) in [6.07, 6.45) is 0.131. The number of nitrogens with one attached hydrogen (secondary N) is 1. The van der Waals surface area contributed by atoms with Crippen molar-refractivity contribution >= 4 is 46.4 Å². The van der Waals surface area contributed by atoms with Crippen LogP contribution in [0.15, 0.2) is 42.5 Å². The molecule has 1 aliphatic rings. The zero-order valence-corrected chi connectivity index (χ0v) is 15.7. The number of hydrogen-bond acceptors (Lipinski definition) is 3. The van der Waals surface area contributed by atoms with Gasteiger partial charge in [0.05, 0.1) is 23.2 Å². The molecule has 1 fully saturated rings. The van der Waals surface area contributed by atoms with Gasteiger partial charge in [0.2, 0.25) is 11.8 Å². The van der Waals surface area contributed by atoms with Gasteiger partial charge in [-0.05, 0) is 49.4 Å². The third kappa shape index (κ3) is 4.11. The monoisotopic (exact) mass is 392 g/mol. The molecule has 1 N–H and O–H groups in total. The van der Waals surface area contributed by atoms with Crippen molar-refractivity contribution in [3.05, 3.63) is 52.5 Å². The number of ether oxygens (including phenoxy) is 1. The fraction of sp³-hybridized carbons (Fsp3) is 0.263. The zero-order valence-electron chi connectivity index (χ0n) is 14.2. The topological polar surface area (TPSA) is 58.6 Å². The summed E-state index contributed by atoms with van der Waals surface area (Å²) in [7, 11) is 0. The van der Waals surface area contributed by atoms with Crippen molar-refractivity contribution in [3.8, 4) is 5.75 Å². The number of rotatable bonds is 5. The highest BCUT2D eigenvalue weighted by Gasteiger charge is 2.36. The highest BCUT2D eigenvalue weighted by Crippen LogP contribution is 2.33. The third-order valence-electron chi connectivity index (χ3n) is 4.13. The Balaban J connectivity index is 1.68. The van der Waals surface area contributed by atoms with Crippen LogP contribution in [0.1, 0.15) is 13.3 Å². The molecule has 0 unspecified atom stereocenters. The summed E-state index contributed by atoms with van der Waals surface area (Å²) >= 11 is 12.2. The van der Waals surface area contributed by atoms with Crippen LogP contribution in [0, 0.1) is 5.92 Å². The summed E-state index contributed by atoms with van der Waals surface area (Å²) in [4.78, 5) is 26.4. The summed E-state index contributed by atoms with van der Waals surface area (Å²) in [5.41, 5.74) is 1.19. The maximum Gasteiger partial charge on any atom is 0.229 e. The van der Waals surface area contributed by atoms with Crippen molar-refractivity contribution in [3.63, 3.8) is 0 Å². The first kappa shape index (κ1) is 18.5. The standard InChI is InChI=1S/C19H18Cl2N2O3/c1-2-26-15-6-4-14(5-7-15)22-19(25)12-9-18(24)23(11-12)17-10-13(20)3-8-16(17)21/h3-8,10,12H,2,9,11H2,1H3,(H,22,25)/t12-/m0/s1. The second-order valence-electron chi connectivity index (χ2n) is 5.95. The molecule has 0 aromatic heterocycles. The van der Waals surface area contributed by atoms with Gasteiger partial charge < -0.3 is 15.0 Å². The predicted octanol–water partition coefficient (Wildman–Crippen LogP) is 4.38. The average molecular weight is 393 g/mol. The van der Waals surface area contributed by atoms with Gasteiger partial charge in [-0.15, -0.1) is 0 Å². The van der Waals surface area contributed by atoms with Crippen LogP contribution in [0.2, 0.25) is 10.0 Å². The number of benzene rings is 2. The van der Waals surface area contributed by atoms with Crippen LogP contribution in [0.25, 0.3) is 0 Å². The molecule has 136 valence electrons. The van der Waals surface area contributed by atoms with Crippen LogP contribution in [0.3, 0.4) is 0 Å². The van der Waals surface area contributed by atoms with Crippen molar-refractivity contribution < 1.29 is 14.3 Å². The minimum atomic E-state index is -0.455. The SMILES string of the molecule is CCOc1ccc(NC(=O)[C@H]2CC(=O)N(c3cc(Cl)ccc3Cl)C2)cc1. The van der Waals surface area contributed by atoms with Crippen LogP contribution in [0.4, 0.5) is 11.4 Å². The fourth-order valence-electron chi connectivity index (χ4n) is 2.85. The molecule has 26 heavy (non-hydrogen) atoms. The molecule has 0 spiro atoms. The summed E-state index contributed by atoms with van der Waals surface area (Å²) < 4.78 is 5.38. The van der Waals surface area contributed by atoms with E-state index in [1.54, 1.807) is 42.5 Å². The predicted molar refractivity (Wildman–Crippen MR) is 103 cm³/mol. The molecule has 1 aliphatic heterocycles. The Hall–Kier alpha value is -2.24. The van der Waals surface area contributed by atoms with E-state index in [0.717, 1.165) is 5.75 Å². The molecular formula is C19H18Cl2N2O3. The molecule has 1 atom stereocenters. The number of hydrogen-bond donors (Lipinski definition) is 1. The lowest BCUT2D eigenvalue weighted by Crippen LogP contribution is -2.28. The van der Waals surface area contributed by atoms with E-state index < -0.39 is 5.92 Å². The summed E-state index contributed by atoms with van der Waals surface area (Å²) in [6, 6.07) is 12.0. The molecule has 2 amide bonds. The van der Waals surface area contributed by atoms with E-state index in [-0.39, 0.29) is 24.8 Å². The van der Waals surface area contributed by atoms with E-state index in [1.165, 1.54) is 4.90 Å². The Bertz CT molecular complexity index is 824. The number of carbonyl (C=O) groups excluding carboxylic acids is 2. The van der Waals surface area contributed by atoms with Crippen LogP contribution in [-0.4, -0.2) is 25.0 Å². The van der Waals surface area contributed by atoms with Crippen LogP contribution in [0.5, 0.6) is 5.75 Å². The maximum atomic E-state index is 12.5. The van der Waals surface area contributed by atoms with E-state index in [4.69, 9.17) is 27.9 Å². The van der Waals surface area contributed by atoms with Gasteiger partial charge in [0.25, 0.3) is 0 Å². The number of halogens is 2. The highest BCUT2D eigenvalue weighted by molar-refractivity contribution is 6.36. The molecule has 0 bridgehead atoms. The number of anilines is 2. The molecule has 3 rings (SSSR count). The Labute approximate surface area is 161 Å². The van der Waals surface area contributed by atoms with Crippen molar-refractivity contribution in [1.29, 1.82) is 0 Å². The van der Waals surface area contributed by atoms with E-state index in [0.29, 0.717) is 28.0 Å². The second-order valence-corrected chi connectivity index (χ2v) is 6.79. The van der Waals surface area contributed by atoms with Gasteiger partial charge in [0.1, 0.15) is 5.75 Å². The van der Waals surface area contributed by atoms with Gasteiger partial charge in [-0.25, -0.2) is 0 Å². The van der Waals surface area contributed by atoms with Crippen LogP contribution in [-0.2, 0) is 9.59 Å². The fourth-order valence-corrected chi connectivity index (χ4v) is 3.24. The first-order valence-corrected chi connectivity index (χ1v) is 9.02. The largest absolute Gasteiger partial charge is 0.494 e. The lowest BCUT2D eigenvalue weighted by Gasteiger charge is -2.18. The van der Waals surface area contributed by atoms with Crippen molar-refractivity contribution in [1.82, 2.24) is 0 Å². The quantitative estimate of drug-likeness (QED) is 0.820. The van der Waals surface area contributed by atoms with Crippen molar-refractivity contribution in [2.75, 3.05) is 23.4 Å². The smallest absolute Gasteiger partial charge is 0.229 e. The summed E-state index contributed by atoms with van der Waals surface area (Å²) in [6.45, 7) is 2.75. The summed E-state index contributed by atoms with van der Waals surface area (Å²) in [5.74, 6) is -0.0726. The molecule has 0 saturated carbocycles. The maximum absolute atomic E-state index is 12.5. The number of amides is 2. The highest BCUT2D eigenvalue weighted by atomic mass is 35.5. The van der Waals surface area contributed by atoms with Gasteiger partial charge in [-0.2, -0.15) is 0 Å². The zero-order chi connectivity index (χ0) is 18.7. The van der Waals surface area contributed by atoms with Gasteiger partial charge in [-0.1, -0.05) is 23.2 Å². The van der Waals surface area contributed by atoms with Crippen molar-refractivity contribution in [2.24, 2.45) is 5.92 Å². The minimum Gasteiger partial charge on any atom is -0.494 e. The lowest BCUT2D eigenvalue weighted by molar-refractivity contribution is -0.122. The molecule has 2 aromatic rings. The molecular weight excluding hydrogens is 375 g/mol. The Kier molecular flexibility index (Phi) is 5.69. The first-order valence-electron chi connectivity index (χ1n) is 8.27. The van der Waals surface area contributed by atoms with E-state index in [2.05, 4.69) is 5.32 Å². The molecule has 0 aliphatic carbocycles. The number of carbonyl (C=O) groups is 2. The first-order chi connectivity index (χ1) is 12.5. The lowest BCUT2D eigenvalue weighted by atomic mass is 10.1. The number of nitrogens with zero attached hydrogens (tertiary/aromatic N) is 1. The van der Waals surface area contributed by atoms with Crippen molar-refractivity contribution in [2.45, 2.75) is 13.3 Å². The minimum absolute atomic E-state index is 0.131. The molecule has 2 aromatic carbocycles. The van der Waals surface area contributed by atoms with E-state index in [1.807, 2.05) is 6.92 Å². The summed E-state index contributed by atoms with van der Waals surface area (Å²) in [5, 5.41) is 3.75. The molecule has 1 saturated heterocycles. The van der Waals surface area contributed by atoms with Crippen LogP contribution >= 0.6 is 23.2 Å². The molecule has 0 radical (unpaired) electrons. The average Bonchev–Trinajstić information content (AvgIpc) is 3.01. The Morgan fingerprint density at radius 1 is 1.23 bits per heavy atom. The molecule has 7 heteroatoms. The van der Waals surface area contributed by atoms with E-state index in [9.17, 15) is 9.59 Å². The normalized spacial score (nSPS) is 16.7. The Morgan fingerprint density at radius 2 is 1.96 bits per heavy atom. The van der Waals surface area contributed by atoms with Gasteiger partial charge in [0, 0.05) is 23.7 Å². The third-order valence-corrected chi connectivity index (χ3v) is 4.68. The van der Waals surface area contributed by atoms with E-state index >= 15 is 0 Å². The van der Waals surface area contributed by atoms with Gasteiger partial charge >= 0.3 is 0 Å². The second kappa shape index (κ2) is 7.98. The molecule has 1 heterocycles. The van der Waals surface area contributed by atoms with Gasteiger partial charge in [-0.3, -0.25) is 9.59 Å².